The molecule has 1 aromatic heterocycles. The van der Waals surface area contributed by atoms with Crippen molar-refractivity contribution >= 4 is 53.7 Å². The number of nitrogens with one attached hydrogen (secondary N) is 1. The molecule has 150 valence electrons. The van der Waals surface area contributed by atoms with Crippen LogP contribution in [0.4, 0.5) is 0 Å². The van der Waals surface area contributed by atoms with Crippen molar-refractivity contribution in [2.75, 3.05) is 0 Å². The van der Waals surface area contributed by atoms with E-state index in [1.165, 1.54) is 11.3 Å². The zero-order valence-electron chi connectivity index (χ0n) is 14.9. The Balaban J connectivity index is 0.00000182. The smallest absolute Gasteiger partial charge is 0.263 e. The molecule has 0 radical (unpaired) electrons. The lowest BCUT2D eigenvalue weighted by Gasteiger charge is -2.26. The summed E-state index contributed by atoms with van der Waals surface area (Å²) in [5, 5.41) is 4.56. The highest BCUT2D eigenvalue weighted by Crippen LogP contribution is 2.23. The molecule has 1 aliphatic carbocycles. The summed E-state index contributed by atoms with van der Waals surface area (Å²) in [6, 6.07) is 7.66. The lowest BCUT2D eigenvalue weighted by atomic mass is 9.92. The van der Waals surface area contributed by atoms with Gasteiger partial charge in [0, 0.05) is 17.1 Å². The van der Waals surface area contributed by atoms with E-state index in [-0.39, 0.29) is 42.8 Å². The number of aryl methyl sites for hydroxylation is 1. The molecule has 1 heterocycles. The number of ether oxygens (including phenoxy) is 1. The molecule has 3 N–H and O–H groups in total. The summed E-state index contributed by atoms with van der Waals surface area (Å²) in [6.45, 7) is 2.19. The summed E-state index contributed by atoms with van der Waals surface area (Å²) in [5.41, 5.74) is 6.65. The minimum absolute atomic E-state index is 0. The molecule has 0 atom stereocenters. The number of halogens is 3. The van der Waals surface area contributed by atoms with Crippen LogP contribution in [-0.2, 0) is 6.61 Å². The van der Waals surface area contributed by atoms with Crippen LogP contribution in [0.1, 0.15) is 46.1 Å². The van der Waals surface area contributed by atoms with Crippen LogP contribution in [0.15, 0.2) is 24.3 Å². The minimum Gasteiger partial charge on any atom is -0.486 e. The van der Waals surface area contributed by atoms with E-state index in [0.29, 0.717) is 16.5 Å². The molecule has 9 heteroatoms. The third kappa shape index (κ3) is 6.80. The zero-order chi connectivity index (χ0) is 17.8. The monoisotopic (exact) mass is 451 g/mol. The second-order valence-corrected chi connectivity index (χ2v) is 7.87. The van der Waals surface area contributed by atoms with Gasteiger partial charge in [0.05, 0.1) is 5.69 Å². The Morgan fingerprint density at radius 1 is 1.26 bits per heavy atom. The predicted octanol–water partition coefficient (Wildman–Crippen LogP) is 4.53. The normalized spacial score (nSPS) is 18.8. The van der Waals surface area contributed by atoms with Crippen molar-refractivity contribution in [2.45, 2.75) is 51.3 Å². The molecule has 0 aliphatic heterocycles. The summed E-state index contributed by atoms with van der Waals surface area (Å²) in [6.07, 6.45) is 3.81. The summed E-state index contributed by atoms with van der Waals surface area (Å²) >= 11 is 7.24. The van der Waals surface area contributed by atoms with E-state index in [4.69, 9.17) is 22.1 Å². The Hall–Kier alpha value is -1.05. The second-order valence-electron chi connectivity index (χ2n) is 6.35. The minimum atomic E-state index is -0.0479. The van der Waals surface area contributed by atoms with Gasteiger partial charge in [0.15, 0.2) is 0 Å². The first-order chi connectivity index (χ1) is 12.0. The van der Waals surface area contributed by atoms with Crippen molar-refractivity contribution in [3.05, 3.63) is 44.9 Å². The van der Waals surface area contributed by atoms with Gasteiger partial charge in [-0.1, -0.05) is 11.6 Å². The molecular weight excluding hydrogens is 429 g/mol. The van der Waals surface area contributed by atoms with Crippen molar-refractivity contribution in [3.8, 4) is 5.75 Å². The van der Waals surface area contributed by atoms with Crippen LogP contribution in [0.5, 0.6) is 5.75 Å². The fourth-order valence-corrected chi connectivity index (χ4v) is 3.92. The summed E-state index contributed by atoms with van der Waals surface area (Å²) in [5.74, 6) is 0.676. The molecule has 27 heavy (non-hydrogen) atoms. The Bertz CT molecular complexity index is 732. The number of carbonyl (C=O) groups is 1. The lowest BCUT2D eigenvalue weighted by molar-refractivity contribution is 0.0929. The standard InChI is InChI=1S/C18H22ClN3O2S.2ClH/c1-11-17(18(23)22-14-6-4-13(20)5-7-14)25-16(21-11)10-24-15-8-2-12(19)3-9-15;;/h2-3,8-9,13-14H,4-7,10,20H2,1H3,(H,22,23);2*1H. The molecule has 0 saturated heterocycles. The highest BCUT2D eigenvalue weighted by molar-refractivity contribution is 7.13. The Morgan fingerprint density at radius 2 is 1.89 bits per heavy atom. The van der Waals surface area contributed by atoms with Gasteiger partial charge in [-0.2, -0.15) is 0 Å². The number of aromatic nitrogens is 1. The average molecular weight is 453 g/mol. The first kappa shape index (κ1) is 24.0. The molecule has 0 bridgehead atoms. The molecule has 0 unspecified atom stereocenters. The number of nitrogens with zero attached hydrogens (tertiary/aromatic N) is 1. The molecule has 3 rings (SSSR count). The Labute approximate surface area is 180 Å². The van der Waals surface area contributed by atoms with Gasteiger partial charge in [-0.15, -0.1) is 36.2 Å². The topological polar surface area (TPSA) is 77.2 Å². The summed E-state index contributed by atoms with van der Waals surface area (Å²) in [7, 11) is 0. The molecule has 5 nitrogen and oxygen atoms in total. The number of amides is 1. The molecule has 1 amide bonds. The van der Waals surface area contributed by atoms with Gasteiger partial charge in [0.2, 0.25) is 0 Å². The molecule has 0 spiro atoms. The van der Waals surface area contributed by atoms with Crippen molar-refractivity contribution in [2.24, 2.45) is 5.73 Å². The van der Waals surface area contributed by atoms with Crippen molar-refractivity contribution in [1.29, 1.82) is 0 Å². The highest BCUT2D eigenvalue weighted by atomic mass is 35.5. The third-order valence-corrected chi connectivity index (χ3v) is 5.71. The first-order valence-corrected chi connectivity index (χ1v) is 9.62. The molecule has 1 fully saturated rings. The number of benzene rings is 1. The van der Waals surface area contributed by atoms with E-state index in [1.54, 1.807) is 12.1 Å². The van der Waals surface area contributed by atoms with Crippen LogP contribution in [0.3, 0.4) is 0 Å². The SMILES string of the molecule is Cc1nc(COc2ccc(Cl)cc2)sc1C(=O)NC1CCC(N)CC1.Cl.Cl. The number of thiazole rings is 1. The van der Waals surface area contributed by atoms with Crippen LogP contribution in [-0.4, -0.2) is 23.0 Å². The number of hydrogen-bond acceptors (Lipinski definition) is 5. The van der Waals surface area contributed by atoms with Gasteiger partial charge >= 0.3 is 0 Å². The second kappa shape index (κ2) is 11.1. The summed E-state index contributed by atoms with van der Waals surface area (Å²) in [4.78, 5) is 17.6. The van der Waals surface area contributed by atoms with E-state index in [2.05, 4.69) is 10.3 Å². The Kier molecular flexibility index (Phi) is 9.84. The molecule has 1 aromatic carbocycles. The maximum absolute atomic E-state index is 12.5. The van der Waals surface area contributed by atoms with Gasteiger partial charge in [0.25, 0.3) is 5.91 Å². The van der Waals surface area contributed by atoms with Crippen molar-refractivity contribution < 1.29 is 9.53 Å². The maximum atomic E-state index is 12.5. The van der Waals surface area contributed by atoms with Crippen molar-refractivity contribution in [1.82, 2.24) is 10.3 Å². The lowest BCUT2D eigenvalue weighted by Crippen LogP contribution is -2.40. The fourth-order valence-electron chi connectivity index (χ4n) is 2.92. The van der Waals surface area contributed by atoms with Gasteiger partial charge < -0.3 is 15.8 Å². The summed E-state index contributed by atoms with van der Waals surface area (Å²) < 4.78 is 5.70. The van der Waals surface area contributed by atoms with E-state index in [1.807, 2.05) is 19.1 Å². The number of hydrogen-bond donors (Lipinski definition) is 2. The molecule has 2 aromatic rings. The van der Waals surface area contributed by atoms with Gasteiger partial charge in [-0.05, 0) is 56.9 Å². The van der Waals surface area contributed by atoms with E-state index in [0.717, 1.165) is 42.1 Å². The average Bonchev–Trinajstić information content (AvgIpc) is 2.97. The number of carbonyl (C=O) groups excluding carboxylic acids is 1. The Morgan fingerprint density at radius 3 is 2.52 bits per heavy atom. The van der Waals surface area contributed by atoms with Crippen molar-refractivity contribution in [3.63, 3.8) is 0 Å². The largest absolute Gasteiger partial charge is 0.486 e. The van der Waals surface area contributed by atoms with E-state index >= 15 is 0 Å². The highest BCUT2D eigenvalue weighted by Gasteiger charge is 2.23. The first-order valence-electron chi connectivity index (χ1n) is 8.42. The molecule has 1 aliphatic rings. The fraction of sp³-hybridized carbons (Fsp3) is 0.444. The van der Waals surface area contributed by atoms with E-state index < -0.39 is 0 Å². The zero-order valence-corrected chi connectivity index (χ0v) is 18.1. The van der Waals surface area contributed by atoms with Gasteiger partial charge in [-0.25, -0.2) is 4.98 Å². The number of nitrogens with two attached hydrogens (primary N) is 1. The van der Waals surface area contributed by atoms with Crippen LogP contribution < -0.4 is 15.8 Å². The van der Waals surface area contributed by atoms with Crippen LogP contribution in [0.2, 0.25) is 5.02 Å². The van der Waals surface area contributed by atoms with Crippen LogP contribution >= 0.6 is 47.8 Å². The van der Waals surface area contributed by atoms with Gasteiger partial charge in [0.1, 0.15) is 22.2 Å². The number of rotatable bonds is 5. The van der Waals surface area contributed by atoms with Crippen LogP contribution in [0, 0.1) is 6.92 Å². The van der Waals surface area contributed by atoms with Crippen LogP contribution in [0.25, 0.3) is 0 Å². The molecule has 1 saturated carbocycles. The maximum Gasteiger partial charge on any atom is 0.263 e. The quantitative estimate of drug-likeness (QED) is 0.699. The predicted molar refractivity (Wildman–Crippen MR) is 115 cm³/mol. The van der Waals surface area contributed by atoms with Gasteiger partial charge in [-0.3, -0.25) is 4.79 Å². The third-order valence-electron chi connectivity index (χ3n) is 4.33. The molecular formula is C18H24Cl3N3O2S. The van der Waals surface area contributed by atoms with E-state index in [9.17, 15) is 4.79 Å².